The molecule has 0 radical (unpaired) electrons. The number of amides is 1. The predicted octanol–water partition coefficient (Wildman–Crippen LogP) is -0.314. The number of nitrogens with zero attached hydrogens (tertiary/aromatic N) is 1. The molecule has 4 aliphatic heterocycles. The SMILES string of the molecule is O=C(C1CC(C2CCCO2)ON1)N1CC2(COC2)C1. The van der Waals surface area contributed by atoms with Crippen molar-refractivity contribution in [2.45, 2.75) is 37.5 Å². The maximum atomic E-state index is 12.3. The Bertz CT molecular complexity index is 371. The molecule has 0 aliphatic carbocycles. The third-order valence-electron chi connectivity index (χ3n) is 4.69. The molecule has 1 amide bonds. The molecule has 4 heterocycles. The van der Waals surface area contributed by atoms with Crippen LogP contribution in [0.15, 0.2) is 0 Å². The summed E-state index contributed by atoms with van der Waals surface area (Å²) in [6, 6.07) is -0.201. The van der Waals surface area contributed by atoms with Gasteiger partial charge in [-0.1, -0.05) is 0 Å². The van der Waals surface area contributed by atoms with Crippen LogP contribution in [0.3, 0.4) is 0 Å². The molecule has 0 bridgehead atoms. The van der Waals surface area contributed by atoms with Gasteiger partial charge < -0.3 is 14.4 Å². The smallest absolute Gasteiger partial charge is 0.242 e. The van der Waals surface area contributed by atoms with Crippen molar-refractivity contribution in [2.75, 3.05) is 32.9 Å². The minimum absolute atomic E-state index is 0.0266. The molecule has 0 aromatic rings. The fourth-order valence-corrected chi connectivity index (χ4v) is 3.49. The summed E-state index contributed by atoms with van der Waals surface area (Å²) >= 11 is 0. The van der Waals surface area contributed by atoms with Crippen LogP contribution in [0.1, 0.15) is 19.3 Å². The summed E-state index contributed by atoms with van der Waals surface area (Å²) in [6.07, 6.45) is 3.05. The fraction of sp³-hybridized carbons (Fsp3) is 0.923. The molecule has 1 spiro atoms. The molecule has 4 saturated heterocycles. The van der Waals surface area contributed by atoms with Crippen molar-refractivity contribution in [2.24, 2.45) is 5.41 Å². The summed E-state index contributed by atoms with van der Waals surface area (Å²) in [7, 11) is 0. The number of carbonyl (C=O) groups excluding carboxylic acids is 1. The molecule has 6 nitrogen and oxygen atoms in total. The highest BCUT2D eigenvalue weighted by molar-refractivity contribution is 5.83. The van der Waals surface area contributed by atoms with Gasteiger partial charge in [-0.3, -0.25) is 9.63 Å². The van der Waals surface area contributed by atoms with Crippen LogP contribution in [0.25, 0.3) is 0 Å². The van der Waals surface area contributed by atoms with E-state index in [0.717, 1.165) is 52.2 Å². The van der Waals surface area contributed by atoms with Gasteiger partial charge in [0.25, 0.3) is 0 Å². The Balaban J connectivity index is 1.30. The number of hydrogen-bond donors (Lipinski definition) is 1. The van der Waals surface area contributed by atoms with Gasteiger partial charge in [0.1, 0.15) is 12.1 Å². The second-order valence-corrected chi connectivity index (χ2v) is 6.30. The Hall–Kier alpha value is -0.690. The Morgan fingerprint density at radius 3 is 2.74 bits per heavy atom. The summed E-state index contributed by atoms with van der Waals surface area (Å²) in [6.45, 7) is 4.12. The van der Waals surface area contributed by atoms with Crippen LogP contribution < -0.4 is 5.48 Å². The summed E-state index contributed by atoms with van der Waals surface area (Å²) in [5.41, 5.74) is 3.17. The number of nitrogens with one attached hydrogen (secondary N) is 1. The van der Waals surface area contributed by atoms with Crippen LogP contribution >= 0.6 is 0 Å². The lowest BCUT2D eigenvalue weighted by Gasteiger charge is -2.55. The third kappa shape index (κ3) is 1.98. The van der Waals surface area contributed by atoms with E-state index in [-0.39, 0.29) is 29.6 Å². The Labute approximate surface area is 112 Å². The van der Waals surface area contributed by atoms with Gasteiger partial charge in [0, 0.05) is 26.1 Å². The topological polar surface area (TPSA) is 60.0 Å². The van der Waals surface area contributed by atoms with Crippen LogP contribution in [0, 0.1) is 5.41 Å². The Morgan fingerprint density at radius 2 is 2.11 bits per heavy atom. The van der Waals surface area contributed by atoms with Crippen LogP contribution in [0.4, 0.5) is 0 Å². The van der Waals surface area contributed by atoms with Gasteiger partial charge in [0.2, 0.25) is 5.91 Å². The molecular formula is C13H20N2O4. The van der Waals surface area contributed by atoms with Crippen LogP contribution in [-0.2, 0) is 19.1 Å². The minimum Gasteiger partial charge on any atom is -0.380 e. The number of likely N-dealkylation sites (tertiary alicyclic amines) is 1. The van der Waals surface area contributed by atoms with Crippen molar-refractivity contribution in [3.8, 4) is 0 Å². The van der Waals surface area contributed by atoms with Gasteiger partial charge in [-0.05, 0) is 12.8 Å². The standard InChI is InChI=1S/C13H20N2O4/c16-12(15-5-13(6-15)7-17-8-13)9-4-11(19-14-9)10-2-1-3-18-10/h9-11,14H,1-8H2. The quantitative estimate of drug-likeness (QED) is 0.744. The molecule has 3 unspecified atom stereocenters. The first-order chi connectivity index (χ1) is 9.26. The molecule has 6 heteroatoms. The monoisotopic (exact) mass is 268 g/mol. The average Bonchev–Trinajstić information content (AvgIpc) is 2.96. The second-order valence-electron chi connectivity index (χ2n) is 6.30. The fourth-order valence-electron chi connectivity index (χ4n) is 3.49. The van der Waals surface area contributed by atoms with E-state index >= 15 is 0 Å². The lowest BCUT2D eigenvalue weighted by atomic mass is 9.77. The van der Waals surface area contributed by atoms with Crippen LogP contribution in [0.2, 0.25) is 0 Å². The normalized spacial score (nSPS) is 40.2. The van der Waals surface area contributed by atoms with Gasteiger partial charge >= 0.3 is 0 Å². The van der Waals surface area contributed by atoms with E-state index in [1.165, 1.54) is 0 Å². The van der Waals surface area contributed by atoms with Gasteiger partial charge in [0.05, 0.1) is 24.7 Å². The van der Waals surface area contributed by atoms with E-state index in [1.54, 1.807) is 0 Å². The van der Waals surface area contributed by atoms with Crippen molar-refractivity contribution in [3.05, 3.63) is 0 Å². The largest absolute Gasteiger partial charge is 0.380 e. The number of hydroxylamine groups is 1. The summed E-state index contributed by atoms with van der Waals surface area (Å²) in [5.74, 6) is 0.165. The highest BCUT2D eigenvalue weighted by atomic mass is 16.7. The van der Waals surface area contributed by atoms with E-state index < -0.39 is 0 Å². The Kier molecular flexibility index (Phi) is 2.80. The van der Waals surface area contributed by atoms with Crippen molar-refractivity contribution < 1.29 is 19.1 Å². The first kappa shape index (κ1) is 12.1. The van der Waals surface area contributed by atoms with E-state index in [0.29, 0.717) is 0 Å². The van der Waals surface area contributed by atoms with E-state index in [2.05, 4.69) is 5.48 Å². The molecule has 3 atom stereocenters. The zero-order valence-electron chi connectivity index (χ0n) is 11.0. The summed E-state index contributed by atoms with van der Waals surface area (Å²) in [5, 5.41) is 0. The minimum atomic E-state index is -0.201. The lowest BCUT2D eigenvalue weighted by molar-refractivity contribution is -0.196. The van der Waals surface area contributed by atoms with Gasteiger partial charge in [0.15, 0.2) is 0 Å². The zero-order valence-corrected chi connectivity index (χ0v) is 11.0. The molecule has 1 N–H and O–H groups in total. The van der Waals surface area contributed by atoms with E-state index in [1.807, 2.05) is 4.90 Å². The number of rotatable bonds is 2. The van der Waals surface area contributed by atoms with Gasteiger partial charge in [-0.15, -0.1) is 0 Å². The van der Waals surface area contributed by atoms with Gasteiger partial charge in [-0.25, -0.2) is 0 Å². The van der Waals surface area contributed by atoms with Gasteiger partial charge in [-0.2, -0.15) is 5.48 Å². The molecule has 4 rings (SSSR count). The van der Waals surface area contributed by atoms with Crippen molar-refractivity contribution in [3.63, 3.8) is 0 Å². The molecule has 19 heavy (non-hydrogen) atoms. The first-order valence-electron chi connectivity index (χ1n) is 7.15. The Morgan fingerprint density at radius 1 is 1.26 bits per heavy atom. The predicted molar refractivity (Wildman–Crippen MR) is 65.2 cm³/mol. The summed E-state index contributed by atoms with van der Waals surface area (Å²) < 4.78 is 10.8. The molecular weight excluding hydrogens is 248 g/mol. The highest BCUT2D eigenvalue weighted by Crippen LogP contribution is 2.38. The van der Waals surface area contributed by atoms with Crippen molar-refractivity contribution >= 4 is 5.91 Å². The van der Waals surface area contributed by atoms with Crippen LogP contribution in [0.5, 0.6) is 0 Å². The van der Waals surface area contributed by atoms with E-state index in [9.17, 15) is 4.79 Å². The lowest BCUT2D eigenvalue weighted by Crippen LogP contribution is -2.68. The summed E-state index contributed by atoms with van der Waals surface area (Å²) in [4.78, 5) is 19.8. The first-order valence-corrected chi connectivity index (χ1v) is 7.15. The highest BCUT2D eigenvalue weighted by Gasteiger charge is 2.52. The maximum Gasteiger partial charge on any atom is 0.242 e. The number of ether oxygens (including phenoxy) is 2. The molecule has 4 aliphatic rings. The molecule has 106 valence electrons. The van der Waals surface area contributed by atoms with Crippen LogP contribution in [-0.4, -0.2) is 62.0 Å². The maximum absolute atomic E-state index is 12.3. The average molecular weight is 268 g/mol. The van der Waals surface area contributed by atoms with E-state index in [4.69, 9.17) is 14.3 Å². The van der Waals surface area contributed by atoms with Crippen molar-refractivity contribution in [1.29, 1.82) is 0 Å². The number of carbonyl (C=O) groups is 1. The molecule has 4 fully saturated rings. The molecule has 0 saturated carbocycles. The number of hydrogen-bond acceptors (Lipinski definition) is 5. The molecule has 0 aromatic heterocycles. The molecule has 0 aromatic carbocycles. The van der Waals surface area contributed by atoms with Crippen molar-refractivity contribution in [1.82, 2.24) is 10.4 Å². The zero-order chi connectivity index (χ0) is 12.9. The second kappa shape index (κ2) is 4.41. The third-order valence-corrected chi connectivity index (χ3v) is 4.69.